The number of nitrogens with one attached hydrogen (secondary N) is 2. The van der Waals surface area contributed by atoms with Crippen LogP contribution in [0.1, 0.15) is 32.1 Å². The Morgan fingerprint density at radius 3 is 3.00 bits per heavy atom. The van der Waals surface area contributed by atoms with Crippen molar-refractivity contribution >= 4 is 34.9 Å². The van der Waals surface area contributed by atoms with Gasteiger partial charge in [0.25, 0.3) is 0 Å². The molecule has 2 N–H and O–H groups in total. The molecule has 0 aromatic carbocycles. The molecule has 5 heteroatoms. The molecule has 3 nitrogen and oxygen atoms in total. The van der Waals surface area contributed by atoms with Gasteiger partial charge in [0.05, 0.1) is 11.7 Å². The summed E-state index contributed by atoms with van der Waals surface area (Å²) in [7, 11) is 0. The summed E-state index contributed by atoms with van der Waals surface area (Å²) in [6.45, 7) is 0. The van der Waals surface area contributed by atoms with Crippen LogP contribution in [0.15, 0.2) is 20.6 Å². The summed E-state index contributed by atoms with van der Waals surface area (Å²) in [5.41, 5.74) is 1.20. The summed E-state index contributed by atoms with van der Waals surface area (Å²) in [4.78, 5) is 4.75. The molecule has 16 heavy (non-hydrogen) atoms. The Labute approximate surface area is 104 Å². The van der Waals surface area contributed by atoms with E-state index in [4.69, 9.17) is 4.99 Å². The van der Waals surface area contributed by atoms with Crippen LogP contribution in [-0.4, -0.2) is 12.0 Å². The van der Waals surface area contributed by atoms with E-state index in [1.165, 1.54) is 42.0 Å². The van der Waals surface area contributed by atoms with Crippen molar-refractivity contribution in [3.8, 4) is 0 Å². The van der Waals surface area contributed by atoms with E-state index in [1.54, 1.807) is 23.3 Å². The average molecular weight is 253 g/mol. The number of guanidine groups is 1. The van der Waals surface area contributed by atoms with Crippen LogP contribution in [0.4, 0.5) is 5.69 Å². The molecule has 0 saturated heterocycles. The van der Waals surface area contributed by atoms with Crippen LogP contribution in [0.25, 0.3) is 0 Å². The highest BCUT2D eigenvalue weighted by Gasteiger charge is 2.17. The number of thiophene rings is 1. The fourth-order valence-corrected chi connectivity index (χ4v) is 3.75. The molecule has 2 heterocycles. The second-order valence-electron chi connectivity index (χ2n) is 4.22. The van der Waals surface area contributed by atoms with Crippen LogP contribution >= 0.6 is 23.3 Å². The molecule has 1 aliphatic carbocycles. The van der Waals surface area contributed by atoms with Crippen LogP contribution in [0, 0.1) is 0 Å². The van der Waals surface area contributed by atoms with Crippen LogP contribution in [-0.2, 0) is 0 Å². The van der Waals surface area contributed by atoms with Gasteiger partial charge in [-0.05, 0) is 24.3 Å². The van der Waals surface area contributed by atoms with E-state index in [2.05, 4.69) is 21.5 Å². The molecule has 0 spiro atoms. The molecule has 1 fully saturated rings. The normalized spacial score (nSPS) is 23.6. The van der Waals surface area contributed by atoms with Gasteiger partial charge >= 0.3 is 0 Å². The van der Waals surface area contributed by atoms with Crippen molar-refractivity contribution in [1.29, 1.82) is 0 Å². The third-order valence-electron chi connectivity index (χ3n) is 3.01. The molecule has 1 aliphatic heterocycles. The first-order valence-electron chi connectivity index (χ1n) is 5.77. The maximum absolute atomic E-state index is 4.75. The van der Waals surface area contributed by atoms with Crippen molar-refractivity contribution in [3.63, 3.8) is 0 Å². The third-order valence-corrected chi connectivity index (χ3v) is 4.96. The highest BCUT2D eigenvalue weighted by Crippen LogP contribution is 2.34. The van der Waals surface area contributed by atoms with Crippen molar-refractivity contribution in [2.75, 3.05) is 5.32 Å². The molecular weight excluding hydrogens is 238 g/mol. The van der Waals surface area contributed by atoms with Crippen molar-refractivity contribution in [2.45, 2.75) is 42.4 Å². The minimum atomic E-state index is 0.518. The van der Waals surface area contributed by atoms with E-state index in [-0.39, 0.29) is 0 Å². The molecule has 2 aliphatic rings. The molecule has 1 saturated carbocycles. The zero-order valence-corrected chi connectivity index (χ0v) is 10.7. The SMILES string of the molecule is c1cc2c(s1)SNC(=NC1CCCCC1)N2. The zero-order valence-electron chi connectivity index (χ0n) is 9.03. The lowest BCUT2D eigenvalue weighted by molar-refractivity contribution is 0.443. The highest BCUT2D eigenvalue weighted by atomic mass is 32.2. The highest BCUT2D eigenvalue weighted by molar-refractivity contribution is 8.00. The van der Waals surface area contributed by atoms with Crippen LogP contribution in [0.2, 0.25) is 0 Å². The molecule has 1 aromatic heterocycles. The van der Waals surface area contributed by atoms with Gasteiger partial charge in [0.1, 0.15) is 4.21 Å². The molecule has 0 unspecified atom stereocenters. The topological polar surface area (TPSA) is 36.4 Å². The molecule has 0 radical (unpaired) electrons. The molecular formula is C11H15N3S2. The maximum Gasteiger partial charge on any atom is 0.206 e. The van der Waals surface area contributed by atoms with Gasteiger partial charge < -0.3 is 5.32 Å². The van der Waals surface area contributed by atoms with Crippen molar-refractivity contribution < 1.29 is 0 Å². The summed E-state index contributed by atoms with van der Waals surface area (Å²) in [6.07, 6.45) is 6.53. The number of anilines is 1. The fourth-order valence-electron chi connectivity index (χ4n) is 2.17. The van der Waals surface area contributed by atoms with Crippen LogP contribution in [0.5, 0.6) is 0 Å². The number of fused-ring (bicyclic) bond motifs is 1. The minimum Gasteiger partial charge on any atom is -0.324 e. The van der Waals surface area contributed by atoms with Crippen molar-refractivity contribution in [1.82, 2.24) is 4.72 Å². The summed E-state index contributed by atoms with van der Waals surface area (Å²) in [6, 6.07) is 2.63. The van der Waals surface area contributed by atoms with Gasteiger partial charge in [-0.1, -0.05) is 19.3 Å². The Kier molecular flexibility index (Phi) is 3.06. The number of hydrogen-bond donors (Lipinski definition) is 2. The molecule has 86 valence electrons. The Morgan fingerprint density at radius 2 is 2.12 bits per heavy atom. The lowest BCUT2D eigenvalue weighted by Crippen LogP contribution is -2.30. The first kappa shape index (κ1) is 10.5. The first-order chi connectivity index (χ1) is 7.92. The lowest BCUT2D eigenvalue weighted by atomic mass is 9.96. The first-order valence-corrected chi connectivity index (χ1v) is 7.46. The Balaban J connectivity index is 1.70. The van der Waals surface area contributed by atoms with Crippen molar-refractivity contribution in [3.05, 3.63) is 11.4 Å². The van der Waals surface area contributed by atoms with E-state index < -0.39 is 0 Å². The van der Waals surface area contributed by atoms with Gasteiger partial charge in [-0.15, -0.1) is 11.3 Å². The molecule has 3 rings (SSSR count). The summed E-state index contributed by atoms with van der Waals surface area (Å²) >= 11 is 3.42. The predicted molar refractivity (Wildman–Crippen MR) is 71.2 cm³/mol. The summed E-state index contributed by atoms with van der Waals surface area (Å²) in [5, 5.41) is 5.46. The maximum atomic E-state index is 4.75. The van der Waals surface area contributed by atoms with Gasteiger partial charge in [-0.25, -0.2) is 4.99 Å². The van der Waals surface area contributed by atoms with Gasteiger partial charge in [0.2, 0.25) is 5.96 Å². The van der Waals surface area contributed by atoms with E-state index in [0.717, 1.165) is 5.96 Å². The Morgan fingerprint density at radius 1 is 1.25 bits per heavy atom. The second kappa shape index (κ2) is 4.67. The van der Waals surface area contributed by atoms with Gasteiger partial charge in [0.15, 0.2) is 0 Å². The third kappa shape index (κ3) is 2.20. The second-order valence-corrected chi connectivity index (χ2v) is 6.21. The predicted octanol–water partition coefficient (Wildman–Crippen LogP) is 3.46. The van der Waals surface area contributed by atoms with E-state index >= 15 is 0 Å². The standard InChI is InChI=1S/C11H15N3S2/c1-2-4-8(5-3-1)12-11-13-9-6-7-15-10(9)16-14-11/h6-8H,1-5H2,(H2,12,13,14). The van der Waals surface area contributed by atoms with Crippen LogP contribution < -0.4 is 10.0 Å². The smallest absolute Gasteiger partial charge is 0.206 e. The zero-order chi connectivity index (χ0) is 10.8. The number of hydrogen-bond acceptors (Lipinski definition) is 3. The molecule has 0 atom stereocenters. The molecule has 1 aromatic rings. The largest absolute Gasteiger partial charge is 0.324 e. The summed E-state index contributed by atoms with van der Waals surface area (Å²) in [5.74, 6) is 0.933. The van der Waals surface area contributed by atoms with Crippen LogP contribution in [0.3, 0.4) is 0 Å². The van der Waals surface area contributed by atoms with Gasteiger partial charge in [-0.3, -0.25) is 4.72 Å². The van der Waals surface area contributed by atoms with Gasteiger partial charge in [-0.2, -0.15) is 0 Å². The monoisotopic (exact) mass is 253 g/mol. The number of rotatable bonds is 1. The lowest BCUT2D eigenvalue weighted by Gasteiger charge is -2.22. The minimum absolute atomic E-state index is 0.518. The summed E-state index contributed by atoms with van der Waals surface area (Å²) < 4.78 is 4.57. The quantitative estimate of drug-likeness (QED) is 0.753. The van der Waals surface area contributed by atoms with Gasteiger partial charge in [0, 0.05) is 11.9 Å². The Bertz CT molecular complexity index is 394. The number of aliphatic imine (C=N–C) groups is 1. The number of nitrogens with zero attached hydrogens (tertiary/aromatic N) is 1. The average Bonchev–Trinajstić information content (AvgIpc) is 2.77. The Hall–Kier alpha value is -0.680. The van der Waals surface area contributed by atoms with E-state index in [0.29, 0.717) is 6.04 Å². The van der Waals surface area contributed by atoms with E-state index in [1.807, 2.05) is 0 Å². The van der Waals surface area contributed by atoms with Crippen molar-refractivity contribution in [2.24, 2.45) is 4.99 Å². The molecule has 0 amide bonds. The fraction of sp³-hybridized carbons (Fsp3) is 0.545. The molecule has 0 bridgehead atoms. The van der Waals surface area contributed by atoms with E-state index in [9.17, 15) is 0 Å².